The van der Waals surface area contributed by atoms with Crippen molar-refractivity contribution in [2.24, 2.45) is 0 Å². The van der Waals surface area contributed by atoms with Gasteiger partial charge in [0.15, 0.2) is 0 Å². The molecule has 0 spiro atoms. The van der Waals surface area contributed by atoms with Crippen molar-refractivity contribution in [1.29, 1.82) is 0 Å². The molecule has 26 heavy (non-hydrogen) atoms. The first-order chi connectivity index (χ1) is 12.4. The molecule has 1 heterocycles. The minimum absolute atomic E-state index is 0.0192. The molecule has 0 saturated heterocycles. The maximum absolute atomic E-state index is 12.1. The van der Waals surface area contributed by atoms with Gasteiger partial charge in [-0.25, -0.2) is 0 Å². The summed E-state index contributed by atoms with van der Waals surface area (Å²) in [5.74, 6) is -0.392. The number of carbonyl (C=O) groups excluding carboxylic acids is 2. The molecule has 0 unspecified atom stereocenters. The molecule has 2 amide bonds. The Morgan fingerprint density at radius 3 is 2.81 bits per heavy atom. The number of aryl methyl sites for hydroxylation is 1. The molecule has 132 valence electrons. The van der Waals surface area contributed by atoms with E-state index >= 15 is 0 Å². The van der Waals surface area contributed by atoms with Crippen LogP contribution in [0.25, 0.3) is 6.08 Å². The molecule has 7 nitrogen and oxygen atoms in total. The van der Waals surface area contributed by atoms with Gasteiger partial charge in [0.1, 0.15) is 5.02 Å². The van der Waals surface area contributed by atoms with Crippen molar-refractivity contribution in [2.45, 2.75) is 12.8 Å². The number of hydrogen-bond donors (Lipinski definition) is 2. The second kappa shape index (κ2) is 7.37. The topological polar surface area (TPSA) is 101 Å². The van der Waals surface area contributed by atoms with Crippen LogP contribution in [0.2, 0.25) is 5.02 Å². The Labute approximate surface area is 153 Å². The van der Waals surface area contributed by atoms with E-state index in [1.807, 2.05) is 6.07 Å². The van der Waals surface area contributed by atoms with Gasteiger partial charge in [0.2, 0.25) is 11.8 Å². The van der Waals surface area contributed by atoms with Crippen LogP contribution in [0.1, 0.15) is 17.5 Å². The minimum atomic E-state index is -0.578. The third kappa shape index (κ3) is 4.07. The highest BCUT2D eigenvalue weighted by molar-refractivity contribution is 6.32. The Hall–Kier alpha value is -3.19. The number of hydrogen-bond acceptors (Lipinski definition) is 4. The summed E-state index contributed by atoms with van der Waals surface area (Å²) in [5, 5.41) is 16.4. The molecule has 2 N–H and O–H groups in total. The normalized spacial score (nSPS) is 13.2. The lowest BCUT2D eigenvalue weighted by molar-refractivity contribution is -0.384. The number of fused-ring (bicyclic) bond motifs is 1. The van der Waals surface area contributed by atoms with Gasteiger partial charge in [-0.1, -0.05) is 17.7 Å². The predicted molar refractivity (Wildman–Crippen MR) is 99.2 cm³/mol. The van der Waals surface area contributed by atoms with E-state index in [-0.39, 0.29) is 22.5 Å². The number of halogens is 1. The monoisotopic (exact) mass is 371 g/mol. The molecule has 3 rings (SSSR count). The second-order valence-electron chi connectivity index (χ2n) is 5.71. The summed E-state index contributed by atoms with van der Waals surface area (Å²) in [6.45, 7) is 0. The number of amides is 2. The molecule has 0 atom stereocenters. The zero-order chi connectivity index (χ0) is 18.7. The fourth-order valence-electron chi connectivity index (χ4n) is 2.59. The number of nitro benzene ring substituents is 1. The Morgan fingerprint density at radius 2 is 2.04 bits per heavy atom. The molecule has 1 aliphatic rings. The van der Waals surface area contributed by atoms with E-state index in [4.69, 9.17) is 11.6 Å². The lowest BCUT2D eigenvalue weighted by atomic mass is 10.0. The average molecular weight is 372 g/mol. The summed E-state index contributed by atoms with van der Waals surface area (Å²) < 4.78 is 0. The van der Waals surface area contributed by atoms with Crippen LogP contribution in [-0.2, 0) is 16.0 Å². The van der Waals surface area contributed by atoms with Crippen LogP contribution in [0.4, 0.5) is 17.1 Å². The number of rotatable bonds is 4. The molecular weight excluding hydrogens is 358 g/mol. The summed E-state index contributed by atoms with van der Waals surface area (Å²) in [6.07, 6.45) is 3.79. The van der Waals surface area contributed by atoms with Gasteiger partial charge in [-0.3, -0.25) is 19.7 Å². The van der Waals surface area contributed by atoms with E-state index in [1.165, 1.54) is 24.3 Å². The first-order valence-corrected chi connectivity index (χ1v) is 8.16. The standard InChI is InChI=1S/C18H14ClN3O4/c19-14-5-1-11(9-16(14)22(25)26)2-7-17(23)20-13-4-6-15-12(10-13)3-8-18(24)21-15/h1-2,4-7,9-10H,3,8H2,(H,20,23)(H,21,24)/b7-2+. The van der Waals surface area contributed by atoms with E-state index in [1.54, 1.807) is 18.2 Å². The van der Waals surface area contributed by atoms with Crippen LogP contribution < -0.4 is 10.6 Å². The van der Waals surface area contributed by atoms with E-state index in [9.17, 15) is 19.7 Å². The number of nitrogens with one attached hydrogen (secondary N) is 2. The Kier molecular flexibility index (Phi) is 4.99. The maximum atomic E-state index is 12.1. The highest BCUT2D eigenvalue weighted by atomic mass is 35.5. The van der Waals surface area contributed by atoms with E-state index < -0.39 is 4.92 Å². The van der Waals surface area contributed by atoms with Gasteiger partial charge in [0.05, 0.1) is 4.92 Å². The quantitative estimate of drug-likeness (QED) is 0.485. The van der Waals surface area contributed by atoms with Gasteiger partial charge >= 0.3 is 0 Å². The van der Waals surface area contributed by atoms with Crippen LogP contribution in [0.5, 0.6) is 0 Å². The van der Waals surface area contributed by atoms with E-state index in [2.05, 4.69) is 10.6 Å². The van der Waals surface area contributed by atoms with Gasteiger partial charge in [0, 0.05) is 29.9 Å². The van der Waals surface area contributed by atoms with Crippen LogP contribution in [0.3, 0.4) is 0 Å². The molecular formula is C18H14ClN3O4. The lowest BCUT2D eigenvalue weighted by Gasteiger charge is -2.17. The van der Waals surface area contributed by atoms with Crippen molar-refractivity contribution in [2.75, 3.05) is 10.6 Å². The third-order valence-corrected chi connectivity index (χ3v) is 4.18. The van der Waals surface area contributed by atoms with Crippen LogP contribution in [0.15, 0.2) is 42.5 Å². The van der Waals surface area contributed by atoms with E-state index in [0.717, 1.165) is 11.3 Å². The molecule has 0 bridgehead atoms. The molecule has 2 aromatic carbocycles. The van der Waals surface area contributed by atoms with Gasteiger partial charge in [0.25, 0.3) is 5.69 Å². The first kappa shape index (κ1) is 17.6. The molecule has 0 aliphatic carbocycles. The van der Waals surface area contributed by atoms with Crippen LogP contribution >= 0.6 is 11.6 Å². The third-order valence-electron chi connectivity index (χ3n) is 3.86. The fraction of sp³-hybridized carbons (Fsp3) is 0.111. The van der Waals surface area contributed by atoms with Crippen molar-refractivity contribution in [3.05, 3.63) is 68.7 Å². The molecule has 2 aromatic rings. The number of nitrogens with zero attached hydrogens (tertiary/aromatic N) is 1. The first-order valence-electron chi connectivity index (χ1n) is 7.78. The summed E-state index contributed by atoms with van der Waals surface area (Å²) in [5.41, 5.74) is 2.59. The van der Waals surface area contributed by atoms with Crippen LogP contribution in [0, 0.1) is 10.1 Å². The van der Waals surface area contributed by atoms with Crippen molar-refractivity contribution < 1.29 is 14.5 Å². The summed E-state index contributed by atoms with van der Waals surface area (Å²) in [7, 11) is 0. The van der Waals surface area contributed by atoms with Crippen molar-refractivity contribution in [3.8, 4) is 0 Å². The average Bonchev–Trinajstić information content (AvgIpc) is 2.61. The lowest BCUT2D eigenvalue weighted by Crippen LogP contribution is -2.19. The summed E-state index contributed by atoms with van der Waals surface area (Å²) >= 11 is 5.76. The molecule has 1 aliphatic heterocycles. The molecule has 0 saturated carbocycles. The maximum Gasteiger partial charge on any atom is 0.288 e. The molecule has 0 radical (unpaired) electrons. The zero-order valence-electron chi connectivity index (χ0n) is 13.5. The number of nitro groups is 1. The highest BCUT2D eigenvalue weighted by Gasteiger charge is 2.15. The SMILES string of the molecule is O=C(/C=C/c1ccc(Cl)c([N+](=O)[O-])c1)Nc1ccc2c(c1)CCC(=O)N2. The smallest absolute Gasteiger partial charge is 0.288 e. The van der Waals surface area contributed by atoms with E-state index in [0.29, 0.717) is 24.1 Å². The Bertz CT molecular complexity index is 940. The van der Waals surface area contributed by atoms with Crippen molar-refractivity contribution >= 4 is 46.6 Å². The predicted octanol–water partition coefficient (Wildman–Crippen LogP) is 3.78. The number of anilines is 2. The van der Waals surface area contributed by atoms with Crippen molar-refractivity contribution in [1.82, 2.24) is 0 Å². The van der Waals surface area contributed by atoms with Gasteiger partial charge in [-0.2, -0.15) is 0 Å². The van der Waals surface area contributed by atoms with Crippen molar-refractivity contribution in [3.63, 3.8) is 0 Å². The Balaban J connectivity index is 1.69. The van der Waals surface area contributed by atoms with Crippen LogP contribution in [-0.4, -0.2) is 16.7 Å². The van der Waals surface area contributed by atoms with Gasteiger partial charge < -0.3 is 10.6 Å². The number of benzene rings is 2. The Morgan fingerprint density at radius 1 is 1.23 bits per heavy atom. The fourth-order valence-corrected chi connectivity index (χ4v) is 2.78. The van der Waals surface area contributed by atoms with Gasteiger partial charge in [-0.05, 0) is 47.9 Å². The zero-order valence-corrected chi connectivity index (χ0v) is 14.2. The minimum Gasteiger partial charge on any atom is -0.326 e. The highest BCUT2D eigenvalue weighted by Crippen LogP contribution is 2.27. The summed E-state index contributed by atoms with van der Waals surface area (Å²) in [6, 6.07) is 9.55. The largest absolute Gasteiger partial charge is 0.326 e. The van der Waals surface area contributed by atoms with Gasteiger partial charge in [-0.15, -0.1) is 0 Å². The summed E-state index contributed by atoms with van der Waals surface area (Å²) in [4.78, 5) is 33.7. The molecule has 0 fully saturated rings. The molecule has 8 heteroatoms. The second-order valence-corrected chi connectivity index (χ2v) is 6.12. The molecule has 0 aromatic heterocycles. The number of carbonyl (C=O) groups is 2.